The summed E-state index contributed by atoms with van der Waals surface area (Å²) in [5.74, 6) is 0.248. The second kappa shape index (κ2) is 8.85. The fourth-order valence-electron chi connectivity index (χ4n) is 2.91. The normalized spacial score (nSPS) is 15.3. The van der Waals surface area contributed by atoms with Crippen molar-refractivity contribution in [3.05, 3.63) is 54.3 Å². The minimum absolute atomic E-state index is 0.233. The average molecular weight is 424 g/mol. The summed E-state index contributed by atoms with van der Waals surface area (Å²) in [6.07, 6.45) is 0. The van der Waals surface area contributed by atoms with Crippen LogP contribution in [0.5, 0.6) is 5.75 Å². The van der Waals surface area contributed by atoms with Crippen LogP contribution < -0.4 is 10.1 Å². The molecule has 150 valence electrons. The Morgan fingerprint density at radius 1 is 1.11 bits per heavy atom. The molecule has 1 saturated heterocycles. The van der Waals surface area contributed by atoms with Gasteiger partial charge in [0.15, 0.2) is 5.11 Å². The second-order valence-electron chi connectivity index (χ2n) is 6.21. The van der Waals surface area contributed by atoms with Crippen LogP contribution in [0.15, 0.2) is 53.4 Å². The number of anilines is 1. The highest BCUT2D eigenvalue weighted by Gasteiger charge is 2.29. The first-order chi connectivity index (χ1) is 13.4. The third-order valence-corrected chi connectivity index (χ3v) is 6.69. The number of sulfonamides is 1. The van der Waals surface area contributed by atoms with Crippen molar-refractivity contribution in [3.8, 4) is 5.75 Å². The van der Waals surface area contributed by atoms with Gasteiger partial charge in [-0.2, -0.15) is 4.31 Å². The van der Waals surface area contributed by atoms with Gasteiger partial charge in [0.05, 0.1) is 17.2 Å². The number of nitrogens with one attached hydrogen (secondary N) is 1. The van der Waals surface area contributed by atoms with Crippen molar-refractivity contribution in [2.75, 3.05) is 38.1 Å². The lowest BCUT2D eigenvalue weighted by Crippen LogP contribution is -2.51. The summed E-state index contributed by atoms with van der Waals surface area (Å²) < 4.78 is 46.2. The van der Waals surface area contributed by atoms with Crippen LogP contribution in [-0.4, -0.2) is 55.5 Å². The second-order valence-corrected chi connectivity index (χ2v) is 8.53. The van der Waals surface area contributed by atoms with Gasteiger partial charge in [0.25, 0.3) is 0 Å². The highest BCUT2D eigenvalue weighted by molar-refractivity contribution is 7.89. The standard InChI is InChI=1S/C19H22FN3O3S2/c1-2-26-15-7-9-16(10-8-15)28(24,25)23-13-11-22(12-14-23)19(27)21-18-6-4-3-5-17(18)20/h3-10H,2,11-14H2,1H3,(H,21,27). The highest BCUT2D eigenvalue weighted by Crippen LogP contribution is 2.21. The van der Waals surface area contributed by atoms with Crippen LogP contribution in [0.1, 0.15) is 6.92 Å². The maximum Gasteiger partial charge on any atom is 0.243 e. The Labute approximate surface area is 170 Å². The van der Waals surface area contributed by atoms with Gasteiger partial charge in [0.2, 0.25) is 10.0 Å². The van der Waals surface area contributed by atoms with Gasteiger partial charge in [-0.05, 0) is 55.5 Å². The summed E-state index contributed by atoms with van der Waals surface area (Å²) in [4.78, 5) is 2.07. The minimum Gasteiger partial charge on any atom is -0.494 e. The molecule has 6 nitrogen and oxygen atoms in total. The van der Waals surface area contributed by atoms with Gasteiger partial charge < -0.3 is 15.0 Å². The molecule has 1 aliphatic heterocycles. The number of para-hydroxylation sites is 1. The van der Waals surface area contributed by atoms with Crippen LogP contribution in [0.25, 0.3) is 0 Å². The molecule has 1 heterocycles. The molecule has 28 heavy (non-hydrogen) atoms. The molecule has 3 rings (SSSR count). The van der Waals surface area contributed by atoms with E-state index in [1.165, 1.54) is 10.4 Å². The summed E-state index contributed by atoms with van der Waals surface area (Å²) in [5.41, 5.74) is 0.303. The molecule has 0 atom stereocenters. The van der Waals surface area contributed by atoms with E-state index in [4.69, 9.17) is 17.0 Å². The number of hydrogen-bond donors (Lipinski definition) is 1. The summed E-state index contributed by atoms with van der Waals surface area (Å²) in [6.45, 7) is 3.85. The van der Waals surface area contributed by atoms with Crippen molar-refractivity contribution in [3.63, 3.8) is 0 Å². The van der Waals surface area contributed by atoms with E-state index < -0.39 is 10.0 Å². The maximum atomic E-state index is 13.8. The number of thiocarbonyl (C=S) groups is 1. The topological polar surface area (TPSA) is 61.9 Å². The lowest BCUT2D eigenvalue weighted by molar-refractivity contribution is 0.268. The largest absolute Gasteiger partial charge is 0.494 e. The molecule has 0 bridgehead atoms. The van der Waals surface area contributed by atoms with E-state index in [1.54, 1.807) is 42.5 Å². The third kappa shape index (κ3) is 4.60. The van der Waals surface area contributed by atoms with Crippen LogP contribution >= 0.6 is 12.2 Å². The van der Waals surface area contributed by atoms with Crippen LogP contribution in [0, 0.1) is 5.82 Å². The number of nitrogens with zero attached hydrogens (tertiary/aromatic N) is 2. The average Bonchev–Trinajstić information content (AvgIpc) is 2.70. The van der Waals surface area contributed by atoms with Gasteiger partial charge in [-0.15, -0.1) is 0 Å². The fraction of sp³-hybridized carbons (Fsp3) is 0.316. The van der Waals surface area contributed by atoms with Crippen molar-refractivity contribution in [2.24, 2.45) is 0 Å². The van der Waals surface area contributed by atoms with Gasteiger partial charge in [0.1, 0.15) is 11.6 Å². The van der Waals surface area contributed by atoms with Crippen molar-refractivity contribution < 1.29 is 17.5 Å². The molecule has 0 radical (unpaired) electrons. The Balaban J connectivity index is 1.61. The van der Waals surface area contributed by atoms with E-state index in [0.717, 1.165) is 0 Å². The number of ether oxygens (including phenoxy) is 1. The number of hydrogen-bond acceptors (Lipinski definition) is 4. The minimum atomic E-state index is -3.58. The molecule has 0 unspecified atom stereocenters. The van der Waals surface area contributed by atoms with E-state index in [9.17, 15) is 12.8 Å². The predicted molar refractivity (Wildman–Crippen MR) is 111 cm³/mol. The Bertz CT molecular complexity index is 928. The van der Waals surface area contributed by atoms with Crippen molar-refractivity contribution in [2.45, 2.75) is 11.8 Å². The summed E-state index contributed by atoms with van der Waals surface area (Å²) in [7, 11) is -3.58. The fourth-order valence-corrected chi connectivity index (χ4v) is 4.63. The zero-order valence-corrected chi connectivity index (χ0v) is 17.1. The van der Waals surface area contributed by atoms with E-state index in [0.29, 0.717) is 49.3 Å². The van der Waals surface area contributed by atoms with Crippen molar-refractivity contribution in [1.82, 2.24) is 9.21 Å². The summed E-state index contributed by atoms with van der Waals surface area (Å²) in [5, 5.41) is 3.26. The van der Waals surface area contributed by atoms with E-state index >= 15 is 0 Å². The first-order valence-electron chi connectivity index (χ1n) is 8.95. The molecule has 0 saturated carbocycles. The molecule has 9 heteroatoms. The Hall–Kier alpha value is -2.23. The van der Waals surface area contributed by atoms with Crippen LogP contribution in [-0.2, 0) is 10.0 Å². The van der Waals surface area contributed by atoms with Crippen LogP contribution in [0.4, 0.5) is 10.1 Å². The zero-order chi connectivity index (χ0) is 20.1. The SMILES string of the molecule is CCOc1ccc(S(=O)(=O)N2CCN(C(=S)Nc3ccccc3F)CC2)cc1. The molecule has 2 aromatic rings. The number of halogens is 1. The number of piperazine rings is 1. The lowest BCUT2D eigenvalue weighted by Gasteiger charge is -2.35. The van der Waals surface area contributed by atoms with Crippen LogP contribution in [0.3, 0.4) is 0 Å². The predicted octanol–water partition coefficient (Wildman–Crippen LogP) is 2.93. The molecule has 0 aromatic heterocycles. The van der Waals surface area contributed by atoms with Gasteiger partial charge in [-0.25, -0.2) is 12.8 Å². The van der Waals surface area contributed by atoms with Gasteiger partial charge in [-0.1, -0.05) is 12.1 Å². The number of rotatable bonds is 5. The summed E-state index contributed by atoms with van der Waals surface area (Å²) >= 11 is 5.35. The van der Waals surface area contributed by atoms with Crippen molar-refractivity contribution in [1.29, 1.82) is 0 Å². The Kier molecular flexibility index (Phi) is 6.48. The lowest BCUT2D eigenvalue weighted by atomic mass is 10.3. The zero-order valence-electron chi connectivity index (χ0n) is 15.5. The highest BCUT2D eigenvalue weighted by atomic mass is 32.2. The van der Waals surface area contributed by atoms with Crippen molar-refractivity contribution >= 4 is 33.0 Å². The molecule has 0 spiro atoms. The smallest absolute Gasteiger partial charge is 0.243 e. The molecule has 0 aliphatic carbocycles. The Morgan fingerprint density at radius 2 is 1.75 bits per heavy atom. The van der Waals surface area contributed by atoms with E-state index in [-0.39, 0.29) is 10.7 Å². The maximum absolute atomic E-state index is 13.8. The Morgan fingerprint density at radius 3 is 2.36 bits per heavy atom. The molecular formula is C19H22FN3O3S2. The molecule has 1 N–H and O–H groups in total. The molecular weight excluding hydrogens is 401 g/mol. The van der Waals surface area contributed by atoms with Gasteiger partial charge in [-0.3, -0.25) is 0 Å². The molecule has 1 aliphatic rings. The number of benzene rings is 2. The van der Waals surface area contributed by atoms with E-state index in [1.807, 2.05) is 11.8 Å². The van der Waals surface area contributed by atoms with Crippen LogP contribution in [0.2, 0.25) is 0 Å². The third-order valence-electron chi connectivity index (χ3n) is 4.41. The summed E-state index contributed by atoms with van der Waals surface area (Å²) in [6, 6.07) is 12.7. The monoisotopic (exact) mass is 423 g/mol. The first-order valence-corrected chi connectivity index (χ1v) is 10.8. The molecule has 2 aromatic carbocycles. The van der Waals surface area contributed by atoms with E-state index in [2.05, 4.69) is 5.32 Å². The van der Waals surface area contributed by atoms with Gasteiger partial charge >= 0.3 is 0 Å². The quantitative estimate of drug-likeness (QED) is 0.747. The first kappa shape index (κ1) is 20.5. The molecule has 0 amide bonds. The van der Waals surface area contributed by atoms with Gasteiger partial charge in [0, 0.05) is 26.2 Å². The molecule has 1 fully saturated rings.